The number of amides is 1. The topological polar surface area (TPSA) is 105 Å². The molecular weight excluding hydrogens is 382 g/mol. The number of esters is 1. The van der Waals surface area contributed by atoms with E-state index in [-0.39, 0.29) is 23.6 Å². The van der Waals surface area contributed by atoms with Gasteiger partial charge in [-0.1, -0.05) is 0 Å². The number of aromatic amines is 1. The minimum absolute atomic E-state index is 0.139. The standard InChI is InChI=1S/C17H18F2N2O5S/c1-4-26-16(23)13-9(2)14(20-10(13)3)15(22)21-11-5-7-12(8-6-11)27(24,25)17(18)19/h5-8,17,20H,4H2,1-3H3,(H,21,22). The molecule has 0 atom stereocenters. The van der Waals surface area contributed by atoms with Crippen LogP contribution in [-0.4, -0.2) is 37.6 Å². The molecule has 2 aromatic rings. The number of rotatable bonds is 6. The molecular formula is C17H18F2N2O5S. The summed E-state index contributed by atoms with van der Waals surface area (Å²) in [7, 11) is -4.70. The highest BCUT2D eigenvalue weighted by Gasteiger charge is 2.26. The number of hydrogen-bond acceptors (Lipinski definition) is 5. The van der Waals surface area contributed by atoms with Crippen LogP contribution in [0, 0.1) is 13.8 Å². The molecule has 0 unspecified atom stereocenters. The van der Waals surface area contributed by atoms with Gasteiger partial charge >= 0.3 is 11.7 Å². The molecule has 2 rings (SSSR count). The summed E-state index contributed by atoms with van der Waals surface area (Å²) in [6.07, 6.45) is 0. The zero-order chi connectivity index (χ0) is 20.4. The number of nitrogens with one attached hydrogen (secondary N) is 2. The van der Waals surface area contributed by atoms with E-state index in [0.717, 1.165) is 12.1 Å². The average molecular weight is 400 g/mol. The van der Waals surface area contributed by atoms with Gasteiger partial charge in [-0.2, -0.15) is 8.78 Å². The van der Waals surface area contributed by atoms with Crippen LogP contribution in [0.5, 0.6) is 0 Å². The van der Waals surface area contributed by atoms with Crippen LogP contribution in [0.25, 0.3) is 0 Å². The van der Waals surface area contributed by atoms with Gasteiger partial charge in [-0.05, 0) is 50.6 Å². The number of anilines is 1. The summed E-state index contributed by atoms with van der Waals surface area (Å²) in [5.41, 5.74) is 1.48. The van der Waals surface area contributed by atoms with E-state index in [2.05, 4.69) is 10.3 Å². The third-order valence-corrected chi connectivity index (χ3v) is 5.22. The van der Waals surface area contributed by atoms with Gasteiger partial charge in [-0.3, -0.25) is 4.79 Å². The van der Waals surface area contributed by atoms with Crippen molar-refractivity contribution in [3.63, 3.8) is 0 Å². The van der Waals surface area contributed by atoms with Crippen molar-refractivity contribution in [1.82, 2.24) is 4.98 Å². The third-order valence-electron chi connectivity index (χ3n) is 3.82. The number of H-pyrrole nitrogens is 1. The molecule has 2 N–H and O–H groups in total. The van der Waals surface area contributed by atoms with Gasteiger partial charge in [0.2, 0.25) is 9.84 Å². The Bertz CT molecular complexity index is 966. The normalized spacial score (nSPS) is 11.5. The third kappa shape index (κ3) is 4.16. The van der Waals surface area contributed by atoms with E-state index < -0.39 is 32.4 Å². The second-order valence-electron chi connectivity index (χ2n) is 5.63. The molecule has 0 aliphatic carbocycles. The first-order valence-corrected chi connectivity index (χ1v) is 9.44. The van der Waals surface area contributed by atoms with E-state index in [1.165, 1.54) is 12.1 Å². The van der Waals surface area contributed by atoms with Crippen molar-refractivity contribution in [2.45, 2.75) is 31.4 Å². The number of sulfone groups is 1. The van der Waals surface area contributed by atoms with E-state index >= 15 is 0 Å². The quantitative estimate of drug-likeness (QED) is 0.725. The summed E-state index contributed by atoms with van der Waals surface area (Å²) in [5, 5.41) is 2.51. The van der Waals surface area contributed by atoms with Gasteiger partial charge in [0.05, 0.1) is 17.1 Å². The van der Waals surface area contributed by atoms with E-state index in [9.17, 15) is 26.8 Å². The van der Waals surface area contributed by atoms with E-state index in [4.69, 9.17) is 4.74 Å². The van der Waals surface area contributed by atoms with E-state index in [1.807, 2.05) is 0 Å². The zero-order valence-electron chi connectivity index (χ0n) is 14.8. The smallest absolute Gasteiger partial charge is 0.341 e. The average Bonchev–Trinajstić information content (AvgIpc) is 2.90. The number of aryl methyl sites for hydroxylation is 1. The number of halogens is 2. The lowest BCUT2D eigenvalue weighted by Crippen LogP contribution is -2.15. The maximum Gasteiger partial charge on any atom is 0.341 e. The molecule has 10 heteroatoms. The Morgan fingerprint density at radius 3 is 2.30 bits per heavy atom. The molecule has 1 aromatic carbocycles. The van der Waals surface area contributed by atoms with Crippen LogP contribution in [0.15, 0.2) is 29.2 Å². The summed E-state index contributed by atoms with van der Waals surface area (Å²) in [4.78, 5) is 26.7. The minimum Gasteiger partial charge on any atom is -0.462 e. The highest BCUT2D eigenvalue weighted by Crippen LogP contribution is 2.22. The molecule has 0 saturated heterocycles. The Hall–Kier alpha value is -2.75. The van der Waals surface area contributed by atoms with Gasteiger partial charge in [-0.15, -0.1) is 0 Å². The van der Waals surface area contributed by atoms with Gasteiger partial charge in [0.15, 0.2) is 0 Å². The van der Waals surface area contributed by atoms with Gasteiger partial charge in [0, 0.05) is 11.4 Å². The number of alkyl halides is 2. The molecule has 1 heterocycles. The van der Waals surface area contributed by atoms with Gasteiger partial charge in [0.25, 0.3) is 5.91 Å². The second-order valence-corrected chi connectivity index (χ2v) is 7.55. The van der Waals surface area contributed by atoms with Crippen LogP contribution >= 0.6 is 0 Å². The lowest BCUT2D eigenvalue weighted by molar-refractivity contribution is 0.0525. The van der Waals surface area contributed by atoms with Gasteiger partial charge in [-0.25, -0.2) is 13.2 Å². The Kier molecular flexibility index (Phi) is 5.99. The maximum atomic E-state index is 12.5. The van der Waals surface area contributed by atoms with Crippen molar-refractivity contribution in [3.05, 3.63) is 46.8 Å². The lowest BCUT2D eigenvalue weighted by atomic mass is 10.1. The number of carbonyl (C=O) groups is 2. The van der Waals surface area contributed by atoms with Gasteiger partial charge in [0.1, 0.15) is 5.69 Å². The first kappa shape index (κ1) is 20.6. The summed E-state index contributed by atoms with van der Waals surface area (Å²) in [6, 6.07) is 4.36. The predicted octanol–water partition coefficient (Wildman–Crippen LogP) is 3.06. The lowest BCUT2D eigenvalue weighted by Gasteiger charge is -2.07. The van der Waals surface area contributed by atoms with Crippen molar-refractivity contribution in [2.75, 3.05) is 11.9 Å². The fraction of sp³-hybridized carbons (Fsp3) is 0.294. The summed E-state index contributed by atoms with van der Waals surface area (Å²) in [5.74, 6) is -4.65. The van der Waals surface area contributed by atoms with Gasteiger partial charge < -0.3 is 15.0 Å². The molecule has 0 aliphatic heterocycles. The number of benzene rings is 1. The maximum absolute atomic E-state index is 12.5. The molecule has 0 radical (unpaired) electrons. The summed E-state index contributed by atoms with van der Waals surface area (Å²) < 4.78 is 52.8. The van der Waals surface area contributed by atoms with Crippen molar-refractivity contribution in [1.29, 1.82) is 0 Å². The van der Waals surface area contributed by atoms with Crippen LogP contribution in [0.1, 0.15) is 39.0 Å². The number of aromatic nitrogens is 1. The monoisotopic (exact) mass is 400 g/mol. The molecule has 1 aromatic heterocycles. The Balaban J connectivity index is 2.23. The number of ether oxygens (including phenoxy) is 1. The van der Waals surface area contributed by atoms with Crippen molar-refractivity contribution >= 4 is 27.4 Å². The van der Waals surface area contributed by atoms with Crippen LogP contribution in [0.4, 0.5) is 14.5 Å². The summed E-state index contributed by atoms with van der Waals surface area (Å²) >= 11 is 0. The Morgan fingerprint density at radius 2 is 1.78 bits per heavy atom. The molecule has 146 valence electrons. The molecule has 0 spiro atoms. The first-order chi connectivity index (χ1) is 12.6. The molecule has 0 saturated carbocycles. The van der Waals surface area contributed by atoms with Crippen LogP contribution in [-0.2, 0) is 14.6 Å². The predicted molar refractivity (Wildman–Crippen MR) is 93.8 cm³/mol. The van der Waals surface area contributed by atoms with E-state index in [0.29, 0.717) is 11.3 Å². The molecule has 7 nitrogen and oxygen atoms in total. The molecule has 0 fully saturated rings. The molecule has 1 amide bonds. The van der Waals surface area contributed by atoms with Crippen molar-refractivity contribution < 1.29 is 31.5 Å². The first-order valence-electron chi connectivity index (χ1n) is 7.89. The largest absolute Gasteiger partial charge is 0.462 e. The zero-order valence-corrected chi connectivity index (χ0v) is 15.6. The van der Waals surface area contributed by atoms with Crippen LogP contribution in [0.3, 0.4) is 0 Å². The van der Waals surface area contributed by atoms with Crippen molar-refractivity contribution in [2.24, 2.45) is 0 Å². The van der Waals surface area contributed by atoms with Crippen LogP contribution < -0.4 is 5.32 Å². The SMILES string of the molecule is CCOC(=O)c1c(C)[nH]c(C(=O)Nc2ccc(S(=O)(=O)C(F)F)cc2)c1C. The minimum atomic E-state index is -4.70. The fourth-order valence-corrected chi connectivity index (χ4v) is 3.23. The van der Waals surface area contributed by atoms with Crippen molar-refractivity contribution in [3.8, 4) is 0 Å². The molecule has 0 aliphatic rings. The highest BCUT2D eigenvalue weighted by molar-refractivity contribution is 7.91. The Labute approximate surface area is 154 Å². The molecule has 0 bridgehead atoms. The number of carbonyl (C=O) groups excluding carboxylic acids is 2. The fourth-order valence-electron chi connectivity index (χ4n) is 2.51. The Morgan fingerprint density at radius 1 is 1.19 bits per heavy atom. The second kappa shape index (κ2) is 7.87. The highest BCUT2D eigenvalue weighted by atomic mass is 32.2. The van der Waals surface area contributed by atoms with E-state index in [1.54, 1.807) is 20.8 Å². The molecule has 27 heavy (non-hydrogen) atoms. The van der Waals surface area contributed by atoms with Crippen LogP contribution in [0.2, 0.25) is 0 Å². The number of hydrogen-bond donors (Lipinski definition) is 2. The summed E-state index contributed by atoms with van der Waals surface area (Å²) in [6.45, 7) is 5.07.